The van der Waals surface area contributed by atoms with Crippen LogP contribution in [0.15, 0.2) is 53.8 Å². The molecule has 0 unspecified atom stereocenters. The molecule has 1 aromatic carbocycles. The molecule has 0 fully saturated rings. The van der Waals surface area contributed by atoms with E-state index in [4.69, 9.17) is 20.8 Å². The van der Waals surface area contributed by atoms with Gasteiger partial charge in [-0.3, -0.25) is 0 Å². The summed E-state index contributed by atoms with van der Waals surface area (Å²) < 4.78 is 50.9. The standard InChI is InChI=1S/C16H8ClF3N6O2/c17-10-5-21-15(22-6-10)28-12-3-1-2-11(14-25-23-8-27-14)13(12)26-7-9(4-24-26)16(18,19)20/h1-8H. The van der Waals surface area contributed by atoms with E-state index in [0.717, 1.165) is 17.3 Å². The van der Waals surface area contributed by atoms with Crippen LogP contribution in [0.4, 0.5) is 13.2 Å². The molecule has 0 N–H and O–H groups in total. The van der Waals surface area contributed by atoms with E-state index >= 15 is 0 Å². The van der Waals surface area contributed by atoms with E-state index in [1.165, 1.54) is 18.5 Å². The van der Waals surface area contributed by atoms with Gasteiger partial charge >= 0.3 is 12.2 Å². The summed E-state index contributed by atoms with van der Waals surface area (Å²) in [6.07, 6.45) is 0.706. The molecule has 4 rings (SSSR count). The fourth-order valence-electron chi connectivity index (χ4n) is 2.35. The van der Waals surface area contributed by atoms with Crippen LogP contribution in [0.2, 0.25) is 5.02 Å². The van der Waals surface area contributed by atoms with Crippen molar-refractivity contribution >= 4 is 11.6 Å². The summed E-state index contributed by atoms with van der Waals surface area (Å²) in [6, 6.07) is 4.63. The zero-order valence-electron chi connectivity index (χ0n) is 13.6. The maximum Gasteiger partial charge on any atom is 0.419 e. The summed E-state index contributed by atoms with van der Waals surface area (Å²) in [4.78, 5) is 7.84. The quantitative estimate of drug-likeness (QED) is 0.500. The van der Waals surface area contributed by atoms with Gasteiger partial charge in [0.1, 0.15) is 5.69 Å². The Bertz CT molecular complexity index is 1100. The molecule has 28 heavy (non-hydrogen) atoms. The van der Waals surface area contributed by atoms with Crippen molar-refractivity contribution in [2.75, 3.05) is 0 Å². The lowest BCUT2D eigenvalue weighted by atomic mass is 10.1. The topological polar surface area (TPSA) is 91.8 Å². The number of alkyl halides is 3. The van der Waals surface area contributed by atoms with Gasteiger partial charge in [-0.05, 0) is 12.1 Å². The van der Waals surface area contributed by atoms with Gasteiger partial charge in [0.2, 0.25) is 12.3 Å². The van der Waals surface area contributed by atoms with Crippen molar-refractivity contribution in [3.8, 4) is 28.9 Å². The highest BCUT2D eigenvalue weighted by atomic mass is 35.5. The molecule has 0 atom stereocenters. The zero-order valence-corrected chi connectivity index (χ0v) is 14.4. The molecule has 12 heteroatoms. The number of hydrogen-bond acceptors (Lipinski definition) is 7. The minimum atomic E-state index is -4.56. The van der Waals surface area contributed by atoms with Crippen molar-refractivity contribution < 1.29 is 22.3 Å². The van der Waals surface area contributed by atoms with E-state index in [2.05, 4.69) is 25.3 Å². The van der Waals surface area contributed by atoms with Crippen LogP contribution in [0.5, 0.6) is 11.8 Å². The maximum atomic E-state index is 13.0. The molecule has 3 heterocycles. The van der Waals surface area contributed by atoms with Crippen LogP contribution in [0, 0.1) is 0 Å². The largest absolute Gasteiger partial charge is 0.423 e. The Balaban J connectivity index is 1.85. The zero-order chi connectivity index (χ0) is 19.7. The fraction of sp³-hybridized carbons (Fsp3) is 0.0625. The van der Waals surface area contributed by atoms with Crippen molar-refractivity contribution in [3.63, 3.8) is 0 Å². The number of para-hydroxylation sites is 1. The first-order valence-corrected chi connectivity index (χ1v) is 7.97. The Morgan fingerprint density at radius 3 is 2.54 bits per heavy atom. The van der Waals surface area contributed by atoms with Crippen molar-refractivity contribution in [2.45, 2.75) is 6.18 Å². The number of halogens is 4. The van der Waals surface area contributed by atoms with Gasteiger partial charge in [-0.1, -0.05) is 17.7 Å². The predicted octanol–water partition coefficient (Wildman–Crippen LogP) is 4.18. The normalized spacial score (nSPS) is 11.6. The summed E-state index contributed by atoms with van der Waals surface area (Å²) >= 11 is 5.75. The number of benzene rings is 1. The van der Waals surface area contributed by atoms with Crippen molar-refractivity contribution in [1.82, 2.24) is 29.9 Å². The highest BCUT2D eigenvalue weighted by molar-refractivity contribution is 6.30. The Morgan fingerprint density at radius 1 is 1.11 bits per heavy atom. The molecule has 0 aliphatic rings. The van der Waals surface area contributed by atoms with Crippen molar-refractivity contribution in [1.29, 1.82) is 0 Å². The first-order chi connectivity index (χ1) is 13.4. The van der Waals surface area contributed by atoms with Gasteiger partial charge in [-0.2, -0.15) is 18.3 Å². The van der Waals surface area contributed by atoms with E-state index in [-0.39, 0.29) is 23.3 Å². The molecule has 0 saturated carbocycles. The molecule has 0 amide bonds. The third kappa shape index (κ3) is 3.51. The first-order valence-electron chi connectivity index (χ1n) is 7.59. The minimum Gasteiger partial charge on any atom is -0.423 e. The summed E-state index contributed by atoms with van der Waals surface area (Å²) in [5, 5.41) is 11.5. The van der Waals surface area contributed by atoms with Gasteiger partial charge in [0.05, 0.1) is 34.7 Å². The molecule has 3 aromatic heterocycles. The van der Waals surface area contributed by atoms with Crippen LogP contribution in [-0.4, -0.2) is 29.9 Å². The summed E-state index contributed by atoms with van der Waals surface area (Å²) in [5.74, 6) is 0.191. The third-order valence-electron chi connectivity index (χ3n) is 3.53. The Kier molecular flexibility index (Phi) is 4.43. The van der Waals surface area contributed by atoms with Gasteiger partial charge in [0, 0.05) is 6.20 Å². The lowest BCUT2D eigenvalue weighted by molar-refractivity contribution is -0.137. The smallest absolute Gasteiger partial charge is 0.419 e. The summed E-state index contributed by atoms with van der Waals surface area (Å²) in [5.41, 5.74) is -0.483. The molecule has 8 nitrogen and oxygen atoms in total. The second kappa shape index (κ2) is 6.93. The van der Waals surface area contributed by atoms with Gasteiger partial charge in [-0.15, -0.1) is 10.2 Å². The first kappa shape index (κ1) is 17.9. The molecule has 4 aromatic rings. The summed E-state index contributed by atoms with van der Waals surface area (Å²) in [7, 11) is 0. The van der Waals surface area contributed by atoms with Crippen LogP contribution in [0.1, 0.15) is 5.56 Å². The lowest BCUT2D eigenvalue weighted by Crippen LogP contribution is -2.04. The van der Waals surface area contributed by atoms with Crippen LogP contribution in [-0.2, 0) is 6.18 Å². The number of ether oxygens (including phenoxy) is 1. The molecule has 0 aliphatic carbocycles. The number of aromatic nitrogens is 6. The fourth-order valence-corrected chi connectivity index (χ4v) is 2.44. The average Bonchev–Trinajstić information content (AvgIpc) is 3.35. The minimum absolute atomic E-state index is 0.0588. The molecule has 0 spiro atoms. The highest BCUT2D eigenvalue weighted by Crippen LogP contribution is 2.36. The number of nitrogens with zero attached hydrogens (tertiary/aromatic N) is 6. The van der Waals surface area contributed by atoms with Crippen LogP contribution < -0.4 is 4.74 Å². The summed E-state index contributed by atoms with van der Waals surface area (Å²) in [6.45, 7) is 0. The Morgan fingerprint density at radius 2 is 1.89 bits per heavy atom. The Labute approximate surface area is 159 Å². The van der Waals surface area contributed by atoms with Gasteiger partial charge in [0.25, 0.3) is 0 Å². The van der Waals surface area contributed by atoms with Gasteiger partial charge in [0.15, 0.2) is 5.75 Å². The molecular weight excluding hydrogens is 401 g/mol. The second-order valence-electron chi connectivity index (χ2n) is 5.35. The predicted molar refractivity (Wildman–Crippen MR) is 89.0 cm³/mol. The van der Waals surface area contributed by atoms with E-state index < -0.39 is 11.7 Å². The second-order valence-corrected chi connectivity index (χ2v) is 5.79. The number of rotatable bonds is 4. The molecule has 142 valence electrons. The molecular formula is C16H8ClF3N6O2. The van der Waals surface area contributed by atoms with Gasteiger partial charge in [-0.25, -0.2) is 14.6 Å². The lowest BCUT2D eigenvalue weighted by Gasteiger charge is -2.13. The monoisotopic (exact) mass is 408 g/mol. The van der Waals surface area contributed by atoms with E-state index in [9.17, 15) is 13.2 Å². The molecule has 0 bridgehead atoms. The highest BCUT2D eigenvalue weighted by Gasteiger charge is 2.33. The SMILES string of the molecule is FC(F)(F)c1cnn(-c2c(Oc3ncc(Cl)cn3)cccc2-c2nnco2)c1. The van der Waals surface area contributed by atoms with E-state index in [1.807, 2.05) is 0 Å². The molecule has 0 radical (unpaired) electrons. The van der Waals surface area contributed by atoms with Gasteiger partial charge < -0.3 is 9.15 Å². The van der Waals surface area contributed by atoms with Crippen LogP contribution in [0.25, 0.3) is 17.1 Å². The van der Waals surface area contributed by atoms with Crippen molar-refractivity contribution in [3.05, 3.63) is 60.0 Å². The van der Waals surface area contributed by atoms with E-state index in [0.29, 0.717) is 16.8 Å². The number of hydrogen-bond donors (Lipinski definition) is 0. The Hall–Kier alpha value is -3.47. The maximum absolute atomic E-state index is 13.0. The van der Waals surface area contributed by atoms with Crippen LogP contribution >= 0.6 is 11.6 Å². The molecule has 0 saturated heterocycles. The van der Waals surface area contributed by atoms with Crippen LogP contribution in [0.3, 0.4) is 0 Å². The van der Waals surface area contributed by atoms with Crippen molar-refractivity contribution in [2.24, 2.45) is 0 Å². The van der Waals surface area contributed by atoms with E-state index in [1.54, 1.807) is 12.1 Å². The average molecular weight is 409 g/mol. The molecule has 0 aliphatic heterocycles. The third-order valence-corrected chi connectivity index (χ3v) is 3.72.